The smallest absolute Gasteiger partial charge is 0.0822 e. The van der Waals surface area contributed by atoms with Crippen molar-refractivity contribution in [1.82, 2.24) is 9.80 Å². The van der Waals surface area contributed by atoms with E-state index in [1.807, 2.05) is 0 Å². The van der Waals surface area contributed by atoms with Crippen molar-refractivity contribution in [3.63, 3.8) is 0 Å². The van der Waals surface area contributed by atoms with Gasteiger partial charge in [0, 0.05) is 32.7 Å². The van der Waals surface area contributed by atoms with Crippen LogP contribution in [0.15, 0.2) is 0 Å². The normalized spacial score (nSPS) is 21.8. The molecule has 1 rings (SSSR count). The van der Waals surface area contributed by atoms with E-state index in [4.69, 9.17) is 0 Å². The summed E-state index contributed by atoms with van der Waals surface area (Å²) in [7, 11) is 2.13. The Hall–Kier alpha value is -0.160. The second-order valence-corrected chi connectivity index (χ2v) is 4.46. The van der Waals surface area contributed by atoms with Gasteiger partial charge < -0.3 is 10.0 Å². The Kier molecular flexibility index (Phi) is 6.17. The fourth-order valence-electron chi connectivity index (χ4n) is 1.90. The van der Waals surface area contributed by atoms with Gasteiger partial charge in [0.15, 0.2) is 0 Å². The Bertz CT molecular complexity index is 159. The van der Waals surface area contributed by atoms with E-state index < -0.39 is 0 Å². The Morgan fingerprint density at radius 1 is 1.20 bits per heavy atom. The summed E-state index contributed by atoms with van der Waals surface area (Å²) in [5.41, 5.74) is 0. The largest absolute Gasteiger partial charge is 0.392 e. The van der Waals surface area contributed by atoms with Crippen LogP contribution in [0.5, 0.6) is 0 Å². The maximum atomic E-state index is 10.2. The van der Waals surface area contributed by atoms with Crippen LogP contribution in [0.2, 0.25) is 0 Å². The van der Waals surface area contributed by atoms with Gasteiger partial charge in [-0.15, -0.1) is 0 Å². The van der Waals surface area contributed by atoms with Crippen molar-refractivity contribution >= 4 is 0 Å². The van der Waals surface area contributed by atoms with Crippen LogP contribution in [0.3, 0.4) is 0 Å². The van der Waals surface area contributed by atoms with Crippen molar-refractivity contribution in [3.05, 3.63) is 0 Å². The van der Waals surface area contributed by atoms with Gasteiger partial charge in [-0.1, -0.05) is 0 Å². The maximum absolute atomic E-state index is 10.2. The predicted octanol–water partition coefficient (Wildman–Crippen LogP) is 0.195. The fraction of sp³-hybridized carbons (Fsp3) is 1.00. The molecule has 1 heterocycles. The Morgan fingerprint density at radius 2 is 1.87 bits per heavy atom. The molecule has 1 aliphatic rings. The highest BCUT2D eigenvalue weighted by molar-refractivity contribution is 4.72. The molecule has 0 bridgehead atoms. The van der Waals surface area contributed by atoms with Crippen molar-refractivity contribution in [1.29, 1.82) is 0 Å². The average molecular weight is 215 g/mol. The molecule has 1 fully saturated rings. The summed E-state index contributed by atoms with van der Waals surface area (Å²) >= 11 is 0. The number of aliphatic hydroxyl groups is 1. The zero-order chi connectivity index (χ0) is 11.1. The second-order valence-electron chi connectivity index (χ2n) is 4.46. The first-order chi connectivity index (χ1) is 7.22. The third-order valence-electron chi connectivity index (χ3n) is 3.00. The molecule has 0 saturated carbocycles. The van der Waals surface area contributed by atoms with E-state index >= 15 is 0 Å². The molecule has 0 aromatic heterocycles. The molecule has 0 spiro atoms. The predicted molar refractivity (Wildman–Crippen MR) is 59.3 cm³/mol. The molecule has 15 heavy (non-hydrogen) atoms. The van der Waals surface area contributed by atoms with Crippen molar-refractivity contribution in [3.8, 4) is 0 Å². The minimum Gasteiger partial charge on any atom is -0.392 e. The molecule has 1 radical (unpaired) electrons. The van der Waals surface area contributed by atoms with Crippen LogP contribution in [0, 0.1) is 0 Å². The van der Waals surface area contributed by atoms with E-state index in [2.05, 4.69) is 16.8 Å². The van der Waals surface area contributed by atoms with Crippen LogP contribution >= 0.6 is 0 Å². The van der Waals surface area contributed by atoms with Crippen LogP contribution < -0.4 is 0 Å². The van der Waals surface area contributed by atoms with Crippen molar-refractivity contribution in [2.75, 3.05) is 46.4 Å². The van der Waals surface area contributed by atoms with E-state index in [1.165, 1.54) is 0 Å². The van der Waals surface area contributed by atoms with Gasteiger partial charge in [-0.05, 0) is 26.3 Å². The molecule has 0 aromatic rings. The molecule has 0 aliphatic carbocycles. The standard InChI is InChI=1S/C11H23N2O2/c1-12-5-7-13(8-6-12)10-11(15)4-2-3-9-14/h11,15H,2-10H2,1H3. The summed E-state index contributed by atoms with van der Waals surface area (Å²) in [5.74, 6) is 0. The number of aliphatic hydroxyl groups excluding tert-OH is 1. The van der Waals surface area contributed by atoms with Gasteiger partial charge in [0.2, 0.25) is 0 Å². The summed E-state index contributed by atoms with van der Waals surface area (Å²) in [5, 5.41) is 20.0. The summed E-state index contributed by atoms with van der Waals surface area (Å²) in [6.07, 6.45) is 2.08. The lowest BCUT2D eigenvalue weighted by Gasteiger charge is -2.33. The van der Waals surface area contributed by atoms with Gasteiger partial charge in [0.05, 0.1) is 12.7 Å². The first-order valence-electron chi connectivity index (χ1n) is 5.89. The topological polar surface area (TPSA) is 46.6 Å². The summed E-state index contributed by atoms with van der Waals surface area (Å²) in [4.78, 5) is 4.61. The van der Waals surface area contributed by atoms with Gasteiger partial charge >= 0.3 is 0 Å². The van der Waals surface area contributed by atoms with E-state index in [0.29, 0.717) is 6.42 Å². The number of nitrogens with zero attached hydrogens (tertiary/aromatic N) is 2. The highest BCUT2D eigenvalue weighted by Gasteiger charge is 2.16. The number of piperazine rings is 1. The number of likely N-dealkylation sites (N-methyl/N-ethyl adjacent to an activating group) is 1. The molecule has 1 atom stereocenters. The third-order valence-corrected chi connectivity index (χ3v) is 3.00. The molecular weight excluding hydrogens is 192 g/mol. The molecule has 1 aliphatic heterocycles. The molecule has 1 N–H and O–H groups in total. The molecule has 4 heteroatoms. The zero-order valence-corrected chi connectivity index (χ0v) is 9.69. The van der Waals surface area contributed by atoms with Gasteiger partial charge in [0.1, 0.15) is 0 Å². The highest BCUT2D eigenvalue weighted by Crippen LogP contribution is 2.05. The number of hydrogen-bond donors (Lipinski definition) is 1. The van der Waals surface area contributed by atoms with E-state index in [0.717, 1.165) is 45.6 Å². The molecule has 1 unspecified atom stereocenters. The zero-order valence-electron chi connectivity index (χ0n) is 9.69. The number of rotatable bonds is 6. The maximum Gasteiger partial charge on any atom is 0.0822 e. The van der Waals surface area contributed by atoms with Crippen LogP contribution in [0.4, 0.5) is 0 Å². The van der Waals surface area contributed by atoms with Gasteiger partial charge in [-0.3, -0.25) is 4.90 Å². The highest BCUT2D eigenvalue weighted by atomic mass is 16.3. The van der Waals surface area contributed by atoms with Crippen LogP contribution in [0.25, 0.3) is 0 Å². The van der Waals surface area contributed by atoms with Crippen LogP contribution in [-0.4, -0.2) is 67.4 Å². The SMILES string of the molecule is CN1CCN(CC(O)CCCC[O])CC1. The van der Waals surface area contributed by atoms with Gasteiger partial charge in [0.25, 0.3) is 0 Å². The van der Waals surface area contributed by atoms with Gasteiger partial charge in [-0.25, -0.2) is 5.11 Å². The van der Waals surface area contributed by atoms with E-state index in [-0.39, 0.29) is 12.7 Å². The molecule has 1 saturated heterocycles. The lowest BCUT2D eigenvalue weighted by molar-refractivity contribution is 0.0726. The molecule has 4 nitrogen and oxygen atoms in total. The fourth-order valence-corrected chi connectivity index (χ4v) is 1.90. The number of unbranched alkanes of at least 4 members (excludes halogenated alkanes) is 1. The summed E-state index contributed by atoms with van der Waals surface area (Å²) in [6, 6.07) is 0. The second kappa shape index (κ2) is 7.17. The van der Waals surface area contributed by atoms with E-state index in [9.17, 15) is 10.2 Å². The Morgan fingerprint density at radius 3 is 2.47 bits per heavy atom. The molecular formula is C11H23N2O2. The van der Waals surface area contributed by atoms with Crippen molar-refractivity contribution < 1.29 is 10.2 Å². The van der Waals surface area contributed by atoms with E-state index in [1.54, 1.807) is 0 Å². The lowest BCUT2D eigenvalue weighted by atomic mass is 10.1. The minimum atomic E-state index is -0.250. The molecule has 0 aromatic carbocycles. The summed E-state index contributed by atoms with van der Waals surface area (Å²) in [6.45, 7) is 5.04. The quantitative estimate of drug-likeness (QED) is 0.644. The molecule has 89 valence electrons. The first kappa shape index (κ1) is 12.9. The molecule has 0 amide bonds. The number of hydrogen-bond acceptors (Lipinski definition) is 3. The van der Waals surface area contributed by atoms with Crippen LogP contribution in [0.1, 0.15) is 19.3 Å². The van der Waals surface area contributed by atoms with Crippen molar-refractivity contribution in [2.24, 2.45) is 0 Å². The lowest BCUT2D eigenvalue weighted by Crippen LogP contribution is -2.46. The average Bonchev–Trinajstić information content (AvgIpc) is 2.22. The minimum absolute atomic E-state index is 0.0127. The monoisotopic (exact) mass is 215 g/mol. The third kappa shape index (κ3) is 5.47. The van der Waals surface area contributed by atoms with Crippen molar-refractivity contribution in [2.45, 2.75) is 25.4 Å². The summed E-state index contributed by atoms with van der Waals surface area (Å²) < 4.78 is 0. The first-order valence-corrected chi connectivity index (χ1v) is 5.89. The van der Waals surface area contributed by atoms with Gasteiger partial charge in [-0.2, -0.15) is 0 Å². The Balaban J connectivity index is 2.06. The Labute approximate surface area is 92.5 Å². The number of β-amino-alcohol motifs (C(OH)–C–C–N with tert-alkyl or cyclic N) is 1. The van der Waals surface area contributed by atoms with Crippen LogP contribution in [-0.2, 0) is 5.11 Å².